The van der Waals surface area contributed by atoms with Crippen LogP contribution in [0.1, 0.15) is 17.6 Å². The molecule has 1 fully saturated rings. The Morgan fingerprint density at radius 3 is 2.30 bits per heavy atom. The van der Waals surface area contributed by atoms with Gasteiger partial charge in [0.25, 0.3) is 0 Å². The Balaban J connectivity index is 1.59. The third-order valence-electron chi connectivity index (χ3n) is 5.88. The fourth-order valence-electron chi connectivity index (χ4n) is 4.23. The van der Waals surface area contributed by atoms with Crippen molar-refractivity contribution in [1.29, 1.82) is 0 Å². The van der Waals surface area contributed by atoms with Gasteiger partial charge in [-0.2, -0.15) is 18.3 Å². The Hall–Kier alpha value is -2.49. The molecular formula is C22H21Cl2F3N4O2. The molecule has 0 N–H and O–H groups in total. The van der Waals surface area contributed by atoms with E-state index in [-0.39, 0.29) is 5.69 Å². The van der Waals surface area contributed by atoms with Crippen LogP contribution in [-0.4, -0.2) is 54.3 Å². The summed E-state index contributed by atoms with van der Waals surface area (Å²) in [5, 5.41) is 5.47. The van der Waals surface area contributed by atoms with E-state index in [1.54, 1.807) is 12.0 Å². The molecule has 176 valence electrons. The molecule has 0 spiro atoms. The molecule has 1 aliphatic heterocycles. The first-order valence-corrected chi connectivity index (χ1v) is 10.9. The Kier molecular flexibility index (Phi) is 6.48. The minimum atomic E-state index is -4.70. The molecule has 0 saturated carbocycles. The molecule has 4 rings (SSSR count). The summed E-state index contributed by atoms with van der Waals surface area (Å²) in [6.07, 6.45) is -5.10. The number of alkyl halides is 3. The molecule has 1 unspecified atom stereocenters. The molecule has 1 aliphatic rings. The molecule has 1 aromatic heterocycles. The first-order chi connectivity index (χ1) is 15.7. The number of hydrogen-bond acceptors (Lipinski definition) is 5. The lowest BCUT2D eigenvalue weighted by atomic mass is 10.1. The first kappa shape index (κ1) is 23.7. The molecule has 1 atom stereocenters. The lowest BCUT2D eigenvalue weighted by molar-refractivity contribution is -0.142. The van der Waals surface area contributed by atoms with Crippen LogP contribution in [0.5, 0.6) is 5.75 Å². The number of ether oxygens (including phenoxy) is 1. The number of hydrogen-bond donors (Lipinski definition) is 0. The van der Waals surface area contributed by atoms with E-state index in [0.29, 0.717) is 43.2 Å². The Morgan fingerprint density at radius 2 is 1.76 bits per heavy atom. The van der Waals surface area contributed by atoms with Crippen LogP contribution in [0.2, 0.25) is 10.0 Å². The predicted octanol–water partition coefficient (Wildman–Crippen LogP) is 5.20. The second-order valence-corrected chi connectivity index (χ2v) is 8.50. The minimum absolute atomic E-state index is 0.0939. The molecule has 11 heteroatoms. The zero-order valence-electron chi connectivity index (χ0n) is 17.9. The molecule has 0 amide bonds. The number of rotatable bonds is 5. The van der Waals surface area contributed by atoms with Gasteiger partial charge < -0.3 is 9.64 Å². The van der Waals surface area contributed by atoms with Crippen molar-refractivity contribution in [3.63, 3.8) is 0 Å². The highest BCUT2D eigenvalue weighted by Crippen LogP contribution is 2.40. The van der Waals surface area contributed by atoms with Crippen LogP contribution >= 0.6 is 23.2 Å². The van der Waals surface area contributed by atoms with Crippen molar-refractivity contribution in [2.45, 2.75) is 19.3 Å². The summed E-state index contributed by atoms with van der Waals surface area (Å²) < 4.78 is 46.2. The maximum atomic E-state index is 13.2. The summed E-state index contributed by atoms with van der Waals surface area (Å²) >= 11 is 12.3. The summed E-state index contributed by atoms with van der Waals surface area (Å²) in [6.45, 7) is 3.36. The average Bonchev–Trinajstić information content (AvgIpc) is 3.09. The molecule has 0 radical (unpaired) electrons. The van der Waals surface area contributed by atoms with Crippen LogP contribution in [0.25, 0.3) is 10.8 Å². The van der Waals surface area contributed by atoms with Crippen molar-refractivity contribution >= 4 is 45.9 Å². The van der Waals surface area contributed by atoms with Crippen molar-refractivity contribution in [2.24, 2.45) is 0 Å². The van der Waals surface area contributed by atoms with Gasteiger partial charge in [0.05, 0.1) is 22.8 Å². The summed E-state index contributed by atoms with van der Waals surface area (Å²) in [5.74, 6) is 0.599. The highest BCUT2D eigenvalue weighted by atomic mass is 35.5. The summed E-state index contributed by atoms with van der Waals surface area (Å²) in [5.41, 5.74) is -0.167. The van der Waals surface area contributed by atoms with Crippen LogP contribution in [-0.2, 0) is 11.0 Å². The van der Waals surface area contributed by atoms with Gasteiger partial charge in [0.15, 0.2) is 18.1 Å². The summed E-state index contributed by atoms with van der Waals surface area (Å²) in [6, 6.07) is 9.61. The third-order valence-corrected chi connectivity index (χ3v) is 6.61. The molecule has 2 aromatic carbocycles. The van der Waals surface area contributed by atoms with Crippen molar-refractivity contribution in [3.8, 4) is 5.75 Å². The number of carbonyl (C=O) groups is 1. The number of halogens is 5. The van der Waals surface area contributed by atoms with Crippen LogP contribution in [0, 0.1) is 6.92 Å². The lowest BCUT2D eigenvalue weighted by Crippen LogP contribution is -2.49. The number of nitrogens with zero attached hydrogens (tertiary/aromatic N) is 4. The van der Waals surface area contributed by atoms with E-state index in [2.05, 4.69) is 10.00 Å². The van der Waals surface area contributed by atoms with Crippen molar-refractivity contribution in [2.75, 3.05) is 38.2 Å². The molecule has 1 saturated heterocycles. The van der Waals surface area contributed by atoms with E-state index in [9.17, 15) is 18.0 Å². The lowest BCUT2D eigenvalue weighted by Gasteiger charge is -2.39. The van der Waals surface area contributed by atoms with Gasteiger partial charge in [-0.3, -0.25) is 9.69 Å². The fourth-order valence-corrected chi connectivity index (χ4v) is 4.74. The fraction of sp³-hybridized carbons (Fsp3) is 0.364. The smallest absolute Gasteiger partial charge is 0.436 e. The van der Waals surface area contributed by atoms with Crippen molar-refractivity contribution in [3.05, 3.63) is 51.8 Å². The van der Waals surface area contributed by atoms with Gasteiger partial charge >= 0.3 is 6.18 Å². The number of anilines is 1. The Bertz CT molecular complexity index is 1190. The third kappa shape index (κ3) is 4.25. The maximum Gasteiger partial charge on any atom is 0.436 e. The average molecular weight is 501 g/mol. The van der Waals surface area contributed by atoms with Gasteiger partial charge in [0.1, 0.15) is 5.75 Å². The monoisotopic (exact) mass is 500 g/mol. The van der Waals surface area contributed by atoms with Crippen LogP contribution in [0.15, 0.2) is 30.3 Å². The number of carbonyl (C=O) groups excluding carboxylic acids is 1. The number of methoxy groups -OCH3 is 1. The number of piperazine rings is 1. The zero-order chi connectivity index (χ0) is 23.9. The highest BCUT2D eigenvalue weighted by molar-refractivity contribution is 6.34. The van der Waals surface area contributed by atoms with Gasteiger partial charge in [-0.15, -0.1) is 0 Å². The zero-order valence-corrected chi connectivity index (χ0v) is 19.4. The van der Waals surface area contributed by atoms with Gasteiger partial charge in [-0.1, -0.05) is 47.5 Å². The summed E-state index contributed by atoms with van der Waals surface area (Å²) in [7, 11) is 1.57. The second-order valence-electron chi connectivity index (χ2n) is 7.72. The van der Waals surface area contributed by atoms with Crippen LogP contribution in [0.4, 0.5) is 18.9 Å². The first-order valence-electron chi connectivity index (χ1n) is 10.2. The molecule has 3 aromatic rings. The minimum Gasteiger partial charge on any atom is -0.495 e. The Morgan fingerprint density at radius 1 is 1.12 bits per heavy atom. The molecule has 33 heavy (non-hydrogen) atoms. The molecule has 0 bridgehead atoms. The molecule has 6 nitrogen and oxygen atoms in total. The predicted molar refractivity (Wildman–Crippen MR) is 121 cm³/mol. The quantitative estimate of drug-likeness (QED) is 0.450. The van der Waals surface area contributed by atoms with E-state index >= 15 is 0 Å². The number of aromatic nitrogens is 2. The van der Waals surface area contributed by atoms with E-state index in [1.807, 2.05) is 30.3 Å². The van der Waals surface area contributed by atoms with Gasteiger partial charge in [-0.25, -0.2) is 4.68 Å². The number of fused-ring (bicyclic) bond motifs is 1. The molecule has 2 heterocycles. The highest BCUT2D eigenvalue weighted by Gasteiger charge is 2.40. The second kappa shape index (κ2) is 9.04. The van der Waals surface area contributed by atoms with E-state index < -0.39 is 23.1 Å². The van der Waals surface area contributed by atoms with E-state index in [4.69, 9.17) is 27.9 Å². The molecular weight excluding hydrogens is 480 g/mol. The van der Waals surface area contributed by atoms with Gasteiger partial charge in [0.2, 0.25) is 0 Å². The van der Waals surface area contributed by atoms with Crippen LogP contribution in [0.3, 0.4) is 0 Å². The van der Waals surface area contributed by atoms with E-state index in [1.165, 1.54) is 6.92 Å². The van der Waals surface area contributed by atoms with Gasteiger partial charge in [0, 0.05) is 42.6 Å². The normalized spacial score (nSPS) is 16.3. The molecule has 0 aliphatic carbocycles. The largest absolute Gasteiger partial charge is 0.495 e. The van der Waals surface area contributed by atoms with Crippen molar-refractivity contribution < 1.29 is 22.7 Å². The summed E-state index contributed by atoms with van der Waals surface area (Å²) in [4.78, 5) is 15.8. The maximum absolute atomic E-state index is 13.2. The Labute approximate surface area is 198 Å². The standard InChI is InChI=1S/C22H21Cl2F3N4O2/c1-13-19(24)21(22(25,26)27)28-31(13)18(12-32)30-9-7-29(8-10-30)17-11-16(23)20(33-2)15-6-4-3-5-14(15)17/h3-6,11-12,18H,7-10H2,1-2H3. The van der Waals surface area contributed by atoms with Crippen LogP contribution < -0.4 is 9.64 Å². The topological polar surface area (TPSA) is 50.6 Å². The number of benzene rings is 2. The van der Waals surface area contributed by atoms with E-state index in [0.717, 1.165) is 21.1 Å². The number of aldehydes is 1. The van der Waals surface area contributed by atoms with Gasteiger partial charge in [-0.05, 0) is 13.0 Å². The SMILES string of the molecule is COc1c(Cl)cc(N2CCN(C(C=O)n3nc(C(F)(F)F)c(Cl)c3C)CC2)c2ccccc12. The van der Waals surface area contributed by atoms with Crippen molar-refractivity contribution in [1.82, 2.24) is 14.7 Å².